The molecule has 0 aliphatic heterocycles. The first-order chi connectivity index (χ1) is 13.4. The van der Waals surface area contributed by atoms with Crippen molar-refractivity contribution in [3.63, 3.8) is 0 Å². The maximum absolute atomic E-state index is 13.3. The van der Waals surface area contributed by atoms with Crippen LogP contribution in [0.25, 0.3) is 11.0 Å². The van der Waals surface area contributed by atoms with Crippen LogP contribution in [0.15, 0.2) is 12.3 Å². The molecule has 150 valence electrons. The predicted molar refractivity (Wildman–Crippen MR) is 105 cm³/mol. The van der Waals surface area contributed by atoms with E-state index in [2.05, 4.69) is 10.4 Å². The van der Waals surface area contributed by atoms with Crippen molar-refractivity contribution in [1.82, 2.24) is 20.1 Å². The summed E-state index contributed by atoms with van der Waals surface area (Å²) in [4.78, 5) is 30.7. The number of fused-ring (bicyclic) bond motifs is 1. The second kappa shape index (κ2) is 7.18. The minimum Gasteiger partial charge on any atom is -0.467 e. The van der Waals surface area contributed by atoms with Crippen LogP contribution in [-0.4, -0.2) is 39.3 Å². The van der Waals surface area contributed by atoms with Gasteiger partial charge >= 0.3 is 5.97 Å². The SMILES string of the molecule is COC(=O)C1(NC(=O)c2cc(C3CC3)nc3c2cnn3C(C)C)CCCCC1. The molecule has 2 aromatic heterocycles. The van der Waals surface area contributed by atoms with Crippen molar-refractivity contribution in [1.29, 1.82) is 0 Å². The standard InChI is InChI=1S/C21H28N4O3/c1-13(2)25-18-16(12-22-25)15(11-17(23-18)14-7-8-14)19(26)24-21(20(27)28-3)9-5-4-6-10-21/h11-14H,4-10H2,1-3H3,(H,24,26). The fraction of sp³-hybridized carbons (Fsp3) is 0.619. The third-order valence-corrected chi connectivity index (χ3v) is 5.95. The lowest BCUT2D eigenvalue weighted by molar-refractivity contribution is -0.149. The summed E-state index contributed by atoms with van der Waals surface area (Å²) in [5.41, 5.74) is 1.29. The summed E-state index contributed by atoms with van der Waals surface area (Å²) in [7, 11) is 1.38. The van der Waals surface area contributed by atoms with Crippen molar-refractivity contribution in [3.05, 3.63) is 23.5 Å². The molecule has 0 aromatic carbocycles. The quantitative estimate of drug-likeness (QED) is 0.798. The molecular weight excluding hydrogens is 356 g/mol. The largest absolute Gasteiger partial charge is 0.467 e. The van der Waals surface area contributed by atoms with Crippen LogP contribution in [0.3, 0.4) is 0 Å². The number of esters is 1. The van der Waals surface area contributed by atoms with Gasteiger partial charge in [0.15, 0.2) is 5.65 Å². The van der Waals surface area contributed by atoms with Crippen LogP contribution in [0.5, 0.6) is 0 Å². The van der Waals surface area contributed by atoms with E-state index in [-0.39, 0.29) is 17.9 Å². The van der Waals surface area contributed by atoms with Crippen LogP contribution >= 0.6 is 0 Å². The third-order valence-electron chi connectivity index (χ3n) is 5.95. The predicted octanol–water partition coefficient (Wildman–Crippen LogP) is 3.50. The van der Waals surface area contributed by atoms with Gasteiger partial charge in [-0.3, -0.25) is 4.79 Å². The third kappa shape index (κ3) is 3.27. The molecule has 2 saturated carbocycles. The molecule has 7 nitrogen and oxygen atoms in total. The van der Waals surface area contributed by atoms with Gasteiger partial charge in [0.2, 0.25) is 0 Å². The van der Waals surface area contributed by atoms with Crippen LogP contribution in [0.4, 0.5) is 0 Å². The van der Waals surface area contributed by atoms with Crippen molar-refractivity contribution >= 4 is 22.9 Å². The molecule has 0 bridgehead atoms. The van der Waals surface area contributed by atoms with Crippen LogP contribution < -0.4 is 5.32 Å². The Hall–Kier alpha value is -2.44. The summed E-state index contributed by atoms with van der Waals surface area (Å²) < 4.78 is 6.90. The number of aromatic nitrogens is 3. The highest BCUT2D eigenvalue weighted by molar-refractivity contribution is 6.07. The Labute approximate surface area is 164 Å². The second-order valence-electron chi connectivity index (χ2n) is 8.38. The average Bonchev–Trinajstić information content (AvgIpc) is 3.45. The molecule has 28 heavy (non-hydrogen) atoms. The number of carbonyl (C=O) groups excluding carboxylic acids is 2. The summed E-state index contributed by atoms with van der Waals surface area (Å²) in [5.74, 6) is -0.188. The normalized spacial score (nSPS) is 19.0. The molecule has 2 aliphatic rings. The van der Waals surface area contributed by atoms with Crippen LogP contribution in [0.1, 0.15) is 86.8 Å². The van der Waals surface area contributed by atoms with Crippen LogP contribution in [0, 0.1) is 0 Å². The van der Waals surface area contributed by atoms with E-state index >= 15 is 0 Å². The van der Waals surface area contributed by atoms with E-state index in [9.17, 15) is 9.59 Å². The Morgan fingerprint density at radius 1 is 1.25 bits per heavy atom. The zero-order valence-corrected chi connectivity index (χ0v) is 16.8. The Balaban J connectivity index is 1.75. The molecule has 7 heteroatoms. The highest BCUT2D eigenvalue weighted by Crippen LogP contribution is 2.40. The minimum absolute atomic E-state index is 0.148. The maximum atomic E-state index is 13.3. The van der Waals surface area contributed by atoms with Crippen molar-refractivity contribution in [3.8, 4) is 0 Å². The molecule has 4 rings (SSSR count). The first-order valence-corrected chi connectivity index (χ1v) is 10.2. The number of rotatable bonds is 5. The monoisotopic (exact) mass is 384 g/mol. The zero-order valence-electron chi connectivity index (χ0n) is 16.8. The van der Waals surface area contributed by atoms with E-state index in [1.54, 1.807) is 6.20 Å². The highest BCUT2D eigenvalue weighted by atomic mass is 16.5. The van der Waals surface area contributed by atoms with E-state index in [4.69, 9.17) is 9.72 Å². The number of ether oxygens (including phenoxy) is 1. The number of carbonyl (C=O) groups is 2. The van der Waals surface area contributed by atoms with E-state index in [0.717, 1.165) is 48.8 Å². The number of methoxy groups -OCH3 is 1. The molecular formula is C21H28N4O3. The van der Waals surface area contributed by atoms with Gasteiger partial charge in [-0.1, -0.05) is 19.3 Å². The van der Waals surface area contributed by atoms with Gasteiger partial charge in [0.05, 0.1) is 24.3 Å². The van der Waals surface area contributed by atoms with Crippen molar-refractivity contribution in [2.75, 3.05) is 7.11 Å². The molecule has 2 aliphatic carbocycles. The number of hydrogen-bond acceptors (Lipinski definition) is 5. The Morgan fingerprint density at radius 3 is 2.57 bits per heavy atom. The molecule has 1 amide bonds. The molecule has 0 atom stereocenters. The van der Waals surface area contributed by atoms with E-state index in [1.807, 2.05) is 24.6 Å². The minimum atomic E-state index is -0.937. The molecule has 0 spiro atoms. The number of nitrogens with zero attached hydrogens (tertiary/aromatic N) is 3. The fourth-order valence-electron chi connectivity index (χ4n) is 4.21. The van der Waals surface area contributed by atoms with Crippen molar-refractivity contribution in [2.45, 2.75) is 76.3 Å². The molecule has 2 heterocycles. The second-order valence-corrected chi connectivity index (χ2v) is 8.38. The lowest BCUT2D eigenvalue weighted by atomic mass is 9.81. The summed E-state index contributed by atoms with van der Waals surface area (Å²) in [6.45, 7) is 4.10. The fourth-order valence-corrected chi connectivity index (χ4v) is 4.21. The van der Waals surface area contributed by atoms with Crippen molar-refractivity contribution < 1.29 is 14.3 Å². The van der Waals surface area contributed by atoms with E-state index < -0.39 is 5.54 Å². The summed E-state index contributed by atoms with van der Waals surface area (Å²) in [5, 5.41) is 8.22. The zero-order chi connectivity index (χ0) is 19.9. The molecule has 0 saturated heterocycles. The number of hydrogen-bond donors (Lipinski definition) is 1. The molecule has 2 fully saturated rings. The van der Waals surface area contributed by atoms with Crippen LogP contribution in [-0.2, 0) is 9.53 Å². The summed E-state index contributed by atoms with van der Waals surface area (Å²) >= 11 is 0. The smallest absolute Gasteiger partial charge is 0.331 e. The van der Waals surface area contributed by atoms with Gasteiger partial charge in [-0.05, 0) is 45.6 Å². The first kappa shape index (κ1) is 18.9. The first-order valence-electron chi connectivity index (χ1n) is 10.2. The van der Waals surface area contributed by atoms with Gasteiger partial charge in [0.1, 0.15) is 5.54 Å². The Bertz CT molecular complexity index is 908. The lowest BCUT2D eigenvalue weighted by Crippen LogP contribution is -2.56. The molecule has 0 radical (unpaired) electrons. The van der Waals surface area contributed by atoms with Gasteiger partial charge in [0, 0.05) is 17.7 Å². The number of nitrogens with one attached hydrogen (secondary N) is 1. The van der Waals surface area contributed by atoms with Gasteiger partial charge in [-0.15, -0.1) is 0 Å². The van der Waals surface area contributed by atoms with Crippen molar-refractivity contribution in [2.24, 2.45) is 0 Å². The topological polar surface area (TPSA) is 86.1 Å². The van der Waals surface area contributed by atoms with E-state index in [0.29, 0.717) is 24.3 Å². The van der Waals surface area contributed by atoms with Gasteiger partial charge in [0.25, 0.3) is 5.91 Å². The van der Waals surface area contributed by atoms with Gasteiger partial charge in [-0.25, -0.2) is 14.5 Å². The lowest BCUT2D eigenvalue weighted by Gasteiger charge is -2.35. The van der Waals surface area contributed by atoms with Gasteiger partial charge in [-0.2, -0.15) is 5.10 Å². The average molecular weight is 384 g/mol. The number of amides is 1. The van der Waals surface area contributed by atoms with Crippen LogP contribution in [0.2, 0.25) is 0 Å². The van der Waals surface area contributed by atoms with Gasteiger partial charge < -0.3 is 10.1 Å². The molecule has 1 N–H and O–H groups in total. The highest BCUT2D eigenvalue weighted by Gasteiger charge is 2.42. The Morgan fingerprint density at radius 2 is 1.96 bits per heavy atom. The molecule has 2 aromatic rings. The number of pyridine rings is 1. The summed E-state index contributed by atoms with van der Waals surface area (Å²) in [6.07, 6.45) is 8.00. The molecule has 0 unspecified atom stereocenters. The van der Waals surface area contributed by atoms with E-state index in [1.165, 1.54) is 7.11 Å². The maximum Gasteiger partial charge on any atom is 0.331 e. The Kier molecular flexibility index (Phi) is 4.85. The summed E-state index contributed by atoms with van der Waals surface area (Å²) in [6, 6.07) is 2.03.